The van der Waals surface area contributed by atoms with E-state index in [2.05, 4.69) is 0 Å². The molecular weight excluding hydrogens is 190 g/mol. The topological polar surface area (TPSA) is 63.3 Å². The molecule has 1 aromatic carbocycles. The summed E-state index contributed by atoms with van der Waals surface area (Å²) in [6, 6.07) is 9.38. The molecule has 15 heavy (non-hydrogen) atoms. The van der Waals surface area contributed by atoms with E-state index in [1.54, 1.807) is 0 Å². The van der Waals surface area contributed by atoms with Crippen LogP contribution in [0, 0.1) is 0 Å². The summed E-state index contributed by atoms with van der Waals surface area (Å²) >= 11 is 0. The zero-order valence-corrected chi connectivity index (χ0v) is 8.94. The highest BCUT2D eigenvalue weighted by Gasteiger charge is 2.26. The smallest absolute Gasteiger partial charge is 0.217 e. The number of aliphatic hydroxyl groups is 1. The van der Waals surface area contributed by atoms with Gasteiger partial charge in [0, 0.05) is 6.42 Å². The third kappa shape index (κ3) is 3.06. The Hall–Kier alpha value is -1.35. The minimum absolute atomic E-state index is 0.208. The molecule has 82 valence electrons. The van der Waals surface area contributed by atoms with E-state index < -0.39 is 5.60 Å². The molecule has 0 aromatic heterocycles. The highest BCUT2D eigenvalue weighted by molar-refractivity contribution is 5.73. The van der Waals surface area contributed by atoms with Crippen molar-refractivity contribution in [2.45, 2.75) is 31.8 Å². The summed E-state index contributed by atoms with van der Waals surface area (Å²) < 4.78 is 0. The Morgan fingerprint density at radius 1 is 1.40 bits per heavy atom. The second kappa shape index (κ2) is 4.94. The van der Waals surface area contributed by atoms with Crippen molar-refractivity contribution >= 4 is 5.91 Å². The average Bonchev–Trinajstić information content (AvgIpc) is 2.27. The maximum Gasteiger partial charge on any atom is 0.217 e. The van der Waals surface area contributed by atoms with Gasteiger partial charge in [0.15, 0.2) is 0 Å². The number of hydrogen-bond donors (Lipinski definition) is 2. The number of hydrogen-bond acceptors (Lipinski definition) is 2. The summed E-state index contributed by atoms with van der Waals surface area (Å²) in [5.41, 5.74) is 4.99. The lowest BCUT2D eigenvalue weighted by Crippen LogP contribution is -2.27. The first-order valence-corrected chi connectivity index (χ1v) is 5.14. The number of primary amides is 1. The lowest BCUT2D eigenvalue weighted by molar-refractivity contribution is -0.119. The number of nitrogens with two attached hydrogens (primary N) is 1. The monoisotopic (exact) mass is 207 g/mol. The van der Waals surface area contributed by atoms with Gasteiger partial charge in [-0.05, 0) is 18.4 Å². The number of benzene rings is 1. The fourth-order valence-corrected chi connectivity index (χ4v) is 1.60. The molecule has 0 saturated heterocycles. The fourth-order valence-electron chi connectivity index (χ4n) is 1.60. The van der Waals surface area contributed by atoms with Gasteiger partial charge >= 0.3 is 0 Å². The zero-order valence-electron chi connectivity index (χ0n) is 8.94. The van der Waals surface area contributed by atoms with Crippen LogP contribution in [0.25, 0.3) is 0 Å². The molecule has 0 bridgehead atoms. The van der Waals surface area contributed by atoms with Crippen LogP contribution in [0.2, 0.25) is 0 Å². The zero-order chi connectivity index (χ0) is 11.3. The molecule has 1 amide bonds. The van der Waals surface area contributed by atoms with Crippen molar-refractivity contribution in [3.63, 3.8) is 0 Å². The molecular formula is C12H17NO2. The van der Waals surface area contributed by atoms with Gasteiger partial charge in [0.25, 0.3) is 0 Å². The number of rotatable bonds is 5. The highest BCUT2D eigenvalue weighted by atomic mass is 16.3. The van der Waals surface area contributed by atoms with Crippen molar-refractivity contribution in [2.75, 3.05) is 0 Å². The van der Waals surface area contributed by atoms with Gasteiger partial charge in [-0.15, -0.1) is 0 Å². The molecule has 1 atom stereocenters. The standard InChI is InChI=1S/C12H17NO2/c1-2-12(15,9-8-11(13)14)10-6-4-3-5-7-10/h3-7,15H,2,8-9H2,1H3,(H2,13,14). The predicted molar refractivity (Wildman–Crippen MR) is 59.1 cm³/mol. The van der Waals surface area contributed by atoms with E-state index in [0.29, 0.717) is 12.8 Å². The van der Waals surface area contributed by atoms with E-state index in [4.69, 9.17) is 5.73 Å². The summed E-state index contributed by atoms with van der Waals surface area (Å²) in [5.74, 6) is -0.377. The summed E-state index contributed by atoms with van der Waals surface area (Å²) in [7, 11) is 0. The first-order valence-electron chi connectivity index (χ1n) is 5.14. The molecule has 0 spiro atoms. The lowest BCUT2D eigenvalue weighted by atomic mass is 9.87. The van der Waals surface area contributed by atoms with Gasteiger partial charge < -0.3 is 10.8 Å². The summed E-state index contributed by atoms with van der Waals surface area (Å²) in [5, 5.41) is 10.3. The van der Waals surface area contributed by atoms with Crippen molar-refractivity contribution < 1.29 is 9.90 Å². The molecule has 1 aromatic rings. The summed E-state index contributed by atoms with van der Waals surface area (Å²) in [4.78, 5) is 10.7. The molecule has 3 nitrogen and oxygen atoms in total. The van der Waals surface area contributed by atoms with Crippen LogP contribution < -0.4 is 5.73 Å². The maximum atomic E-state index is 10.7. The van der Waals surface area contributed by atoms with E-state index in [1.807, 2.05) is 37.3 Å². The van der Waals surface area contributed by atoms with E-state index in [0.717, 1.165) is 5.56 Å². The molecule has 0 fully saturated rings. The highest BCUT2D eigenvalue weighted by Crippen LogP contribution is 2.29. The van der Waals surface area contributed by atoms with Gasteiger partial charge in [0.05, 0.1) is 5.60 Å². The summed E-state index contributed by atoms with van der Waals surface area (Å²) in [6.45, 7) is 1.90. The quantitative estimate of drug-likeness (QED) is 0.769. The Balaban J connectivity index is 2.80. The Morgan fingerprint density at radius 2 is 2.00 bits per heavy atom. The lowest BCUT2D eigenvalue weighted by Gasteiger charge is -2.26. The van der Waals surface area contributed by atoms with Crippen molar-refractivity contribution in [2.24, 2.45) is 5.73 Å². The van der Waals surface area contributed by atoms with Gasteiger partial charge in [-0.25, -0.2) is 0 Å². The van der Waals surface area contributed by atoms with Crippen LogP contribution in [0.1, 0.15) is 31.7 Å². The van der Waals surface area contributed by atoms with Crippen molar-refractivity contribution in [1.29, 1.82) is 0 Å². The molecule has 0 aliphatic rings. The first-order chi connectivity index (χ1) is 7.08. The van der Waals surface area contributed by atoms with E-state index in [9.17, 15) is 9.90 Å². The predicted octanol–water partition coefficient (Wildman–Crippen LogP) is 1.55. The Kier molecular flexibility index (Phi) is 3.86. The second-order valence-corrected chi connectivity index (χ2v) is 3.72. The first kappa shape index (κ1) is 11.7. The molecule has 3 N–H and O–H groups in total. The number of carbonyl (C=O) groups excluding carboxylic acids is 1. The minimum atomic E-state index is -0.934. The molecule has 1 unspecified atom stereocenters. The van der Waals surface area contributed by atoms with Gasteiger partial charge in [0.2, 0.25) is 5.91 Å². The largest absolute Gasteiger partial charge is 0.385 e. The van der Waals surface area contributed by atoms with Crippen LogP contribution in [-0.2, 0) is 10.4 Å². The fraction of sp³-hybridized carbons (Fsp3) is 0.417. The van der Waals surface area contributed by atoms with Crippen LogP contribution in [0.3, 0.4) is 0 Å². The van der Waals surface area contributed by atoms with E-state index in [-0.39, 0.29) is 12.3 Å². The molecule has 0 aliphatic carbocycles. The third-order valence-electron chi connectivity index (χ3n) is 2.68. The van der Waals surface area contributed by atoms with E-state index >= 15 is 0 Å². The molecule has 0 heterocycles. The van der Waals surface area contributed by atoms with Crippen molar-refractivity contribution in [3.05, 3.63) is 35.9 Å². The van der Waals surface area contributed by atoms with E-state index in [1.165, 1.54) is 0 Å². The third-order valence-corrected chi connectivity index (χ3v) is 2.68. The average molecular weight is 207 g/mol. The Labute approximate surface area is 89.9 Å². The normalized spacial score (nSPS) is 14.5. The number of amides is 1. The second-order valence-electron chi connectivity index (χ2n) is 3.72. The summed E-state index contributed by atoms with van der Waals surface area (Å²) in [6.07, 6.45) is 1.16. The van der Waals surface area contributed by atoms with Crippen LogP contribution in [0.15, 0.2) is 30.3 Å². The Bertz CT molecular complexity index is 324. The molecule has 1 rings (SSSR count). The molecule has 0 saturated carbocycles. The van der Waals surface area contributed by atoms with Crippen molar-refractivity contribution in [3.8, 4) is 0 Å². The van der Waals surface area contributed by atoms with Gasteiger partial charge in [-0.1, -0.05) is 37.3 Å². The van der Waals surface area contributed by atoms with Crippen molar-refractivity contribution in [1.82, 2.24) is 0 Å². The van der Waals surface area contributed by atoms with Crippen LogP contribution in [0.4, 0.5) is 0 Å². The number of carbonyl (C=O) groups is 1. The van der Waals surface area contributed by atoms with Gasteiger partial charge in [-0.3, -0.25) is 4.79 Å². The Morgan fingerprint density at radius 3 is 2.47 bits per heavy atom. The van der Waals surface area contributed by atoms with Crippen LogP contribution in [0.5, 0.6) is 0 Å². The molecule has 3 heteroatoms. The van der Waals surface area contributed by atoms with Crippen LogP contribution >= 0.6 is 0 Å². The van der Waals surface area contributed by atoms with Gasteiger partial charge in [-0.2, -0.15) is 0 Å². The van der Waals surface area contributed by atoms with Gasteiger partial charge in [0.1, 0.15) is 0 Å². The molecule has 0 aliphatic heterocycles. The SMILES string of the molecule is CCC(O)(CCC(N)=O)c1ccccc1. The minimum Gasteiger partial charge on any atom is -0.385 e. The van der Waals surface area contributed by atoms with Crippen LogP contribution in [-0.4, -0.2) is 11.0 Å². The molecule has 0 radical (unpaired) electrons. The maximum absolute atomic E-state index is 10.7.